The van der Waals surface area contributed by atoms with Crippen LogP contribution in [0, 0.1) is 0 Å². The molecular formula is C20H19N5O3S. The van der Waals surface area contributed by atoms with Gasteiger partial charge in [-0.2, -0.15) is 0 Å². The van der Waals surface area contributed by atoms with Gasteiger partial charge in [0.2, 0.25) is 0 Å². The third kappa shape index (κ3) is 4.09. The van der Waals surface area contributed by atoms with Crippen LogP contribution in [0.1, 0.15) is 30.1 Å². The summed E-state index contributed by atoms with van der Waals surface area (Å²) in [5, 5.41) is 13.2. The van der Waals surface area contributed by atoms with E-state index < -0.39 is 12.0 Å². The fourth-order valence-electron chi connectivity index (χ4n) is 3.26. The minimum Gasteiger partial charge on any atom is -0.480 e. The van der Waals surface area contributed by atoms with Gasteiger partial charge in [-0.05, 0) is 44.0 Å². The summed E-state index contributed by atoms with van der Waals surface area (Å²) in [5.41, 5.74) is 1.30. The second-order valence-corrected chi connectivity index (χ2v) is 7.72. The van der Waals surface area contributed by atoms with E-state index in [9.17, 15) is 14.7 Å². The molecule has 0 aromatic carbocycles. The van der Waals surface area contributed by atoms with Crippen LogP contribution in [0.4, 0.5) is 16.8 Å². The van der Waals surface area contributed by atoms with Crippen molar-refractivity contribution in [3.05, 3.63) is 48.3 Å². The molecule has 1 atom stereocenters. The van der Waals surface area contributed by atoms with Crippen molar-refractivity contribution in [2.75, 3.05) is 16.8 Å². The van der Waals surface area contributed by atoms with Crippen LogP contribution >= 0.6 is 11.3 Å². The quantitative estimate of drug-likeness (QED) is 0.595. The highest BCUT2D eigenvalue weighted by atomic mass is 32.1. The topological polar surface area (TPSA) is 108 Å². The number of nitrogens with one attached hydrogen (secondary N) is 1. The van der Waals surface area contributed by atoms with Gasteiger partial charge in [0.05, 0.1) is 10.6 Å². The van der Waals surface area contributed by atoms with Crippen LogP contribution in [-0.4, -0.2) is 44.4 Å². The Morgan fingerprint density at radius 2 is 2.10 bits per heavy atom. The smallest absolute Gasteiger partial charge is 0.326 e. The molecule has 0 amide bonds. The minimum atomic E-state index is -0.816. The number of Topliss-reactive ketones (excluding diaryl/α,β-unsaturated/α-hetero) is 1. The molecule has 0 saturated carbocycles. The van der Waals surface area contributed by atoms with Gasteiger partial charge >= 0.3 is 5.97 Å². The molecular weight excluding hydrogens is 390 g/mol. The Labute approximate surface area is 171 Å². The summed E-state index contributed by atoms with van der Waals surface area (Å²) in [6, 6.07) is 8.39. The summed E-state index contributed by atoms with van der Waals surface area (Å²) in [5.74, 6) is 0.281. The number of anilines is 3. The number of ketones is 1. The summed E-state index contributed by atoms with van der Waals surface area (Å²) in [4.78, 5) is 38.9. The maximum atomic E-state index is 11.5. The molecule has 1 aliphatic heterocycles. The van der Waals surface area contributed by atoms with Crippen molar-refractivity contribution in [2.45, 2.75) is 25.8 Å². The number of aromatic nitrogens is 3. The second kappa shape index (κ2) is 7.96. The number of nitrogens with zero attached hydrogens (tertiary/aromatic N) is 4. The Kier molecular flexibility index (Phi) is 5.22. The van der Waals surface area contributed by atoms with Crippen molar-refractivity contribution in [3.63, 3.8) is 0 Å². The monoisotopic (exact) mass is 409 g/mol. The van der Waals surface area contributed by atoms with Crippen molar-refractivity contribution in [1.29, 1.82) is 0 Å². The largest absolute Gasteiger partial charge is 0.480 e. The van der Waals surface area contributed by atoms with Crippen molar-refractivity contribution < 1.29 is 14.7 Å². The van der Waals surface area contributed by atoms with E-state index in [1.54, 1.807) is 24.5 Å². The lowest BCUT2D eigenvalue weighted by molar-refractivity contribution is -0.138. The molecule has 8 nitrogen and oxygen atoms in total. The lowest BCUT2D eigenvalue weighted by Crippen LogP contribution is -2.35. The zero-order valence-corrected chi connectivity index (χ0v) is 16.5. The van der Waals surface area contributed by atoms with Crippen LogP contribution in [0.25, 0.3) is 10.6 Å². The Morgan fingerprint density at radius 3 is 2.90 bits per heavy atom. The molecule has 2 N–H and O–H groups in total. The number of carbonyl (C=O) groups is 2. The van der Waals surface area contributed by atoms with E-state index in [1.165, 1.54) is 18.3 Å². The van der Waals surface area contributed by atoms with Gasteiger partial charge < -0.3 is 15.3 Å². The average molecular weight is 409 g/mol. The number of pyridine rings is 2. The predicted molar refractivity (Wildman–Crippen MR) is 111 cm³/mol. The van der Waals surface area contributed by atoms with Gasteiger partial charge in [-0.1, -0.05) is 17.4 Å². The average Bonchev–Trinajstić information content (AvgIpc) is 3.38. The first-order chi connectivity index (χ1) is 14.0. The van der Waals surface area contributed by atoms with Crippen LogP contribution in [0.2, 0.25) is 0 Å². The molecule has 0 bridgehead atoms. The third-order valence-electron chi connectivity index (χ3n) is 4.70. The van der Waals surface area contributed by atoms with E-state index >= 15 is 0 Å². The van der Waals surface area contributed by atoms with E-state index in [0.29, 0.717) is 35.3 Å². The van der Waals surface area contributed by atoms with Gasteiger partial charge in [-0.15, -0.1) is 0 Å². The highest BCUT2D eigenvalue weighted by Crippen LogP contribution is 2.34. The first-order valence-electron chi connectivity index (χ1n) is 9.18. The summed E-state index contributed by atoms with van der Waals surface area (Å²) in [6.45, 7) is 2.20. The van der Waals surface area contributed by atoms with Gasteiger partial charge in [0.1, 0.15) is 17.7 Å². The normalized spacial score (nSPS) is 16.0. The molecule has 0 aliphatic carbocycles. The number of hydrogen-bond donors (Lipinski definition) is 2. The van der Waals surface area contributed by atoms with Gasteiger partial charge in [0.15, 0.2) is 10.9 Å². The maximum Gasteiger partial charge on any atom is 0.326 e. The molecule has 0 unspecified atom stereocenters. The van der Waals surface area contributed by atoms with E-state index in [1.807, 2.05) is 23.1 Å². The van der Waals surface area contributed by atoms with Gasteiger partial charge in [-0.3, -0.25) is 4.79 Å². The van der Waals surface area contributed by atoms with E-state index in [-0.39, 0.29) is 5.78 Å². The molecule has 4 rings (SSSR count). The van der Waals surface area contributed by atoms with E-state index in [2.05, 4.69) is 20.3 Å². The number of carboxylic acids is 1. The molecule has 3 aromatic rings. The number of hydrogen-bond acceptors (Lipinski definition) is 8. The lowest BCUT2D eigenvalue weighted by atomic mass is 10.2. The molecule has 9 heteroatoms. The minimum absolute atomic E-state index is 0.0315. The van der Waals surface area contributed by atoms with E-state index in [4.69, 9.17) is 0 Å². The van der Waals surface area contributed by atoms with Gasteiger partial charge in [0.25, 0.3) is 0 Å². The van der Waals surface area contributed by atoms with Crippen LogP contribution in [0.5, 0.6) is 0 Å². The Balaban J connectivity index is 1.55. The fraction of sp³-hybridized carbons (Fsp3) is 0.250. The maximum absolute atomic E-state index is 11.5. The molecule has 1 saturated heterocycles. The molecule has 29 heavy (non-hydrogen) atoms. The second-order valence-electron chi connectivity index (χ2n) is 6.72. The molecule has 1 fully saturated rings. The van der Waals surface area contributed by atoms with Gasteiger partial charge in [0, 0.05) is 24.5 Å². The SMILES string of the molecule is CC(=O)c1ccnc(Nc2cccc(-c3cnc(N4CCC[C@H]4C(=O)O)s3)n2)c1. The van der Waals surface area contributed by atoms with Gasteiger partial charge in [-0.25, -0.2) is 19.7 Å². The highest BCUT2D eigenvalue weighted by molar-refractivity contribution is 7.18. The Bertz CT molecular complexity index is 1070. The third-order valence-corrected chi connectivity index (χ3v) is 5.76. The zero-order valence-electron chi connectivity index (χ0n) is 15.7. The van der Waals surface area contributed by atoms with Crippen molar-refractivity contribution in [2.24, 2.45) is 0 Å². The number of carbonyl (C=O) groups excluding carboxylic acids is 1. The van der Waals surface area contributed by atoms with E-state index in [0.717, 1.165) is 17.0 Å². The molecule has 0 radical (unpaired) electrons. The first-order valence-corrected chi connectivity index (χ1v) is 9.99. The molecule has 3 aromatic heterocycles. The van der Waals surface area contributed by atoms with Crippen LogP contribution in [0.15, 0.2) is 42.7 Å². The highest BCUT2D eigenvalue weighted by Gasteiger charge is 2.32. The predicted octanol–water partition coefficient (Wildman–Crippen LogP) is 3.60. The number of carboxylic acid groups (broad SMARTS) is 1. The van der Waals surface area contributed by atoms with Crippen molar-refractivity contribution >= 4 is 39.9 Å². The summed E-state index contributed by atoms with van der Waals surface area (Å²) >= 11 is 1.43. The molecule has 4 heterocycles. The van der Waals surface area contributed by atoms with Crippen molar-refractivity contribution in [3.8, 4) is 10.6 Å². The lowest BCUT2D eigenvalue weighted by Gasteiger charge is -2.19. The zero-order chi connectivity index (χ0) is 20.4. The summed E-state index contributed by atoms with van der Waals surface area (Å²) < 4.78 is 0. The summed E-state index contributed by atoms with van der Waals surface area (Å²) in [6.07, 6.45) is 4.77. The number of aliphatic carboxylic acids is 1. The molecule has 148 valence electrons. The van der Waals surface area contributed by atoms with Crippen LogP contribution in [0.3, 0.4) is 0 Å². The molecule has 0 spiro atoms. The number of thiazole rings is 1. The molecule has 1 aliphatic rings. The Morgan fingerprint density at radius 1 is 1.24 bits per heavy atom. The van der Waals surface area contributed by atoms with Crippen molar-refractivity contribution in [1.82, 2.24) is 15.0 Å². The first kappa shape index (κ1) is 19.0. The summed E-state index contributed by atoms with van der Waals surface area (Å²) in [7, 11) is 0. The van der Waals surface area contributed by atoms with Crippen LogP contribution < -0.4 is 10.2 Å². The van der Waals surface area contributed by atoms with Crippen LogP contribution in [-0.2, 0) is 4.79 Å². The number of rotatable bonds is 6. The fourth-order valence-corrected chi connectivity index (χ4v) is 4.22. The Hall–Kier alpha value is -3.33. The standard InChI is InChI=1S/C20H19N5O3S/c1-12(26)13-7-8-21-18(10-13)24-17-6-2-4-14(23-17)16-11-22-20(29-16)25-9-3-5-15(25)19(27)28/h2,4,6-8,10-11,15H,3,5,9H2,1H3,(H,27,28)(H,21,23,24)/t15-/m0/s1.